The van der Waals surface area contributed by atoms with Crippen LogP contribution in [0.5, 0.6) is 5.88 Å². The van der Waals surface area contributed by atoms with Crippen molar-refractivity contribution in [3.05, 3.63) is 71.4 Å². The zero-order chi connectivity index (χ0) is 22.8. The molecule has 1 atom stereocenters. The topological polar surface area (TPSA) is 69.0 Å². The number of aromatic nitrogens is 3. The van der Waals surface area contributed by atoms with Crippen LogP contribution in [0.4, 0.5) is 5.69 Å². The van der Waals surface area contributed by atoms with E-state index in [2.05, 4.69) is 22.5 Å². The number of pyridine rings is 1. The molecule has 2 aromatic carbocycles. The van der Waals surface area contributed by atoms with Crippen LogP contribution in [0.2, 0.25) is 0 Å². The van der Waals surface area contributed by atoms with Crippen LogP contribution in [0.3, 0.4) is 0 Å². The highest BCUT2D eigenvalue weighted by molar-refractivity contribution is 5.96. The number of rotatable bonds is 6. The summed E-state index contributed by atoms with van der Waals surface area (Å²) in [5.41, 5.74) is 6.66. The van der Waals surface area contributed by atoms with Crippen molar-refractivity contribution < 1.29 is 9.53 Å². The van der Waals surface area contributed by atoms with Gasteiger partial charge in [-0.3, -0.25) is 4.79 Å². The number of hydrogen-bond donors (Lipinski definition) is 1. The maximum absolute atomic E-state index is 12.8. The molecular weight excluding hydrogens is 400 g/mol. The monoisotopic (exact) mass is 428 g/mol. The molecule has 6 nitrogen and oxygen atoms in total. The third-order valence-corrected chi connectivity index (χ3v) is 5.54. The molecule has 0 fully saturated rings. The van der Waals surface area contributed by atoms with E-state index < -0.39 is 6.10 Å². The van der Waals surface area contributed by atoms with Crippen LogP contribution in [-0.2, 0) is 11.3 Å². The molecule has 2 heterocycles. The lowest BCUT2D eigenvalue weighted by Crippen LogP contribution is -2.30. The molecule has 32 heavy (non-hydrogen) atoms. The van der Waals surface area contributed by atoms with Gasteiger partial charge in [-0.2, -0.15) is 10.1 Å². The summed E-state index contributed by atoms with van der Waals surface area (Å²) in [5.74, 6) is 0.175. The minimum absolute atomic E-state index is 0.222. The highest BCUT2D eigenvalue weighted by Gasteiger charge is 2.20. The van der Waals surface area contributed by atoms with E-state index in [0.717, 1.165) is 44.7 Å². The number of nitrogens with zero attached hydrogens (tertiary/aromatic N) is 3. The minimum Gasteiger partial charge on any atom is -0.464 e. The van der Waals surface area contributed by atoms with Crippen LogP contribution < -0.4 is 10.1 Å². The first kappa shape index (κ1) is 21.6. The summed E-state index contributed by atoms with van der Waals surface area (Å²) in [5, 5.41) is 8.60. The van der Waals surface area contributed by atoms with Gasteiger partial charge in [0.2, 0.25) is 5.88 Å². The summed E-state index contributed by atoms with van der Waals surface area (Å²) in [6.45, 7) is 10.4. The normalized spacial score (nSPS) is 12.0. The first-order valence-electron chi connectivity index (χ1n) is 10.9. The van der Waals surface area contributed by atoms with E-state index in [1.165, 1.54) is 0 Å². The van der Waals surface area contributed by atoms with E-state index in [-0.39, 0.29) is 5.91 Å². The minimum atomic E-state index is -0.719. The zero-order valence-electron chi connectivity index (χ0n) is 19.1. The van der Waals surface area contributed by atoms with Gasteiger partial charge in [0, 0.05) is 18.3 Å². The Morgan fingerprint density at radius 1 is 1.09 bits per heavy atom. The van der Waals surface area contributed by atoms with Crippen LogP contribution in [0.1, 0.15) is 30.7 Å². The van der Waals surface area contributed by atoms with E-state index in [0.29, 0.717) is 12.4 Å². The van der Waals surface area contributed by atoms with Gasteiger partial charge in [-0.25, -0.2) is 4.68 Å². The quantitative estimate of drug-likeness (QED) is 0.443. The summed E-state index contributed by atoms with van der Waals surface area (Å²) in [6, 6.07) is 17.9. The van der Waals surface area contributed by atoms with Gasteiger partial charge in [0.1, 0.15) is 0 Å². The third-order valence-electron chi connectivity index (χ3n) is 5.54. The van der Waals surface area contributed by atoms with E-state index in [9.17, 15) is 4.79 Å². The van der Waals surface area contributed by atoms with Gasteiger partial charge >= 0.3 is 0 Å². The lowest BCUT2D eigenvalue weighted by molar-refractivity contribution is -0.122. The third kappa shape index (κ3) is 4.21. The number of carbonyl (C=O) groups excluding carboxylic acids is 1. The molecule has 0 bridgehead atoms. The average Bonchev–Trinajstić information content (AvgIpc) is 3.11. The van der Waals surface area contributed by atoms with E-state index in [1.54, 1.807) is 6.92 Å². The first-order chi connectivity index (χ1) is 15.4. The van der Waals surface area contributed by atoms with E-state index in [4.69, 9.17) is 9.72 Å². The molecule has 0 saturated carbocycles. The lowest BCUT2D eigenvalue weighted by Gasteiger charge is -2.16. The molecule has 0 saturated heterocycles. The number of ether oxygens (including phenoxy) is 1. The Morgan fingerprint density at radius 3 is 2.53 bits per heavy atom. The second kappa shape index (κ2) is 8.83. The molecule has 0 aliphatic rings. The summed E-state index contributed by atoms with van der Waals surface area (Å²) in [6.07, 6.45) is -0.719. The predicted octanol–water partition coefficient (Wildman–Crippen LogP) is 5.45. The predicted molar refractivity (Wildman–Crippen MR) is 128 cm³/mol. The summed E-state index contributed by atoms with van der Waals surface area (Å²) < 4.78 is 7.89. The van der Waals surface area contributed by atoms with Crippen molar-refractivity contribution in [1.82, 2.24) is 14.8 Å². The fraction of sp³-hybridized carbons (Fsp3) is 0.269. The van der Waals surface area contributed by atoms with Crippen molar-refractivity contribution in [3.63, 3.8) is 0 Å². The van der Waals surface area contributed by atoms with Crippen LogP contribution in [0.25, 0.3) is 22.2 Å². The number of benzene rings is 2. The standard InChI is InChI=1S/C26H28N4O2/c1-6-30-25-24(18(4)29-30)21(20-10-8-7-9-11-20)15-23(28-25)32-19(5)26(31)27-22-13-12-16(2)14-17(22)3/h7-15,19H,6H2,1-5H3,(H,27,31). The maximum atomic E-state index is 12.8. The van der Waals surface area contributed by atoms with Crippen LogP contribution in [-0.4, -0.2) is 26.8 Å². The molecule has 0 aliphatic heterocycles. The van der Waals surface area contributed by atoms with Gasteiger partial charge in [-0.1, -0.05) is 48.0 Å². The van der Waals surface area contributed by atoms with Gasteiger partial charge in [0.25, 0.3) is 5.91 Å². The summed E-state index contributed by atoms with van der Waals surface area (Å²) in [4.78, 5) is 17.5. The SMILES string of the molecule is CCn1nc(C)c2c(-c3ccccc3)cc(OC(C)C(=O)Nc3ccc(C)cc3C)nc21. The molecule has 1 N–H and O–H groups in total. The van der Waals surface area contributed by atoms with Gasteiger partial charge in [-0.15, -0.1) is 0 Å². The number of anilines is 1. The number of amides is 1. The fourth-order valence-electron chi connectivity index (χ4n) is 3.88. The molecule has 0 radical (unpaired) electrons. The second-order valence-corrected chi connectivity index (χ2v) is 8.04. The number of nitrogens with one attached hydrogen (secondary N) is 1. The fourth-order valence-corrected chi connectivity index (χ4v) is 3.88. The Hall–Kier alpha value is -3.67. The molecule has 6 heteroatoms. The van der Waals surface area contributed by atoms with E-state index in [1.807, 2.05) is 74.8 Å². The second-order valence-electron chi connectivity index (χ2n) is 8.04. The van der Waals surface area contributed by atoms with Crippen LogP contribution >= 0.6 is 0 Å². The van der Waals surface area contributed by atoms with Crippen molar-refractivity contribution in [1.29, 1.82) is 0 Å². The van der Waals surface area contributed by atoms with Crippen molar-refractivity contribution in [2.45, 2.75) is 47.3 Å². The highest BCUT2D eigenvalue weighted by Crippen LogP contribution is 2.33. The van der Waals surface area contributed by atoms with Crippen molar-refractivity contribution in [2.75, 3.05) is 5.32 Å². The molecule has 0 aliphatic carbocycles. The Bertz CT molecular complexity index is 1280. The molecule has 1 unspecified atom stereocenters. The van der Waals surface area contributed by atoms with Crippen LogP contribution in [0, 0.1) is 20.8 Å². The number of fused-ring (bicyclic) bond motifs is 1. The Morgan fingerprint density at radius 2 is 1.84 bits per heavy atom. The average molecular weight is 429 g/mol. The summed E-state index contributed by atoms with van der Waals surface area (Å²) in [7, 11) is 0. The first-order valence-corrected chi connectivity index (χ1v) is 10.9. The molecule has 2 aromatic heterocycles. The molecular formula is C26H28N4O2. The molecule has 0 spiro atoms. The largest absolute Gasteiger partial charge is 0.464 e. The molecule has 4 rings (SSSR count). The molecule has 1 amide bonds. The van der Waals surface area contributed by atoms with Crippen molar-refractivity contribution >= 4 is 22.6 Å². The van der Waals surface area contributed by atoms with E-state index >= 15 is 0 Å². The molecule has 164 valence electrons. The van der Waals surface area contributed by atoms with Gasteiger partial charge in [0.15, 0.2) is 11.8 Å². The van der Waals surface area contributed by atoms with Gasteiger partial charge in [0.05, 0.1) is 11.1 Å². The zero-order valence-corrected chi connectivity index (χ0v) is 19.1. The van der Waals surface area contributed by atoms with Gasteiger partial charge < -0.3 is 10.1 Å². The Balaban J connectivity index is 1.67. The molecule has 4 aromatic rings. The Kier molecular flexibility index (Phi) is 5.95. The highest BCUT2D eigenvalue weighted by atomic mass is 16.5. The number of aryl methyl sites for hydroxylation is 4. The maximum Gasteiger partial charge on any atom is 0.265 e. The number of hydrogen-bond acceptors (Lipinski definition) is 4. The van der Waals surface area contributed by atoms with Crippen molar-refractivity contribution in [2.24, 2.45) is 0 Å². The van der Waals surface area contributed by atoms with Crippen LogP contribution in [0.15, 0.2) is 54.6 Å². The lowest BCUT2D eigenvalue weighted by atomic mass is 10.0. The smallest absolute Gasteiger partial charge is 0.265 e. The van der Waals surface area contributed by atoms with Gasteiger partial charge in [-0.05, 0) is 57.4 Å². The summed E-state index contributed by atoms with van der Waals surface area (Å²) >= 11 is 0. The van der Waals surface area contributed by atoms with Crippen molar-refractivity contribution in [3.8, 4) is 17.0 Å². The Labute approximate surface area is 188 Å². The number of carbonyl (C=O) groups is 1.